The van der Waals surface area contributed by atoms with Crippen LogP contribution in [0.15, 0.2) is 73.8 Å². The van der Waals surface area contributed by atoms with Crippen LogP contribution in [-0.4, -0.2) is 54.1 Å². The molecule has 6 aromatic heterocycles. The van der Waals surface area contributed by atoms with Gasteiger partial charge in [-0.2, -0.15) is 0 Å². The minimum absolute atomic E-state index is 0.447. The Morgan fingerprint density at radius 3 is 2.08 bits per heavy atom. The standard InChI is InChI=1S/C17H23N5OSi.C11H9N5/c1-24(2,3)9-8-23-12-22-15(13-4-6-19-7-5-13)10-14-16(18)20-11-21-17(14)22;12-10-8-5-9(7-1-3-13-4-2-7)16-11(8)15-6-14-10/h4-7,10-11H,8-9,12H2,1-3H3,(H2,18,20,21);1-6H,(H3,12,14,15,16). The molecule has 204 valence electrons. The lowest BCUT2D eigenvalue weighted by atomic mass is 10.2. The van der Waals surface area contributed by atoms with Crippen LogP contribution in [0.4, 0.5) is 11.6 Å². The third-order valence-electron chi connectivity index (χ3n) is 6.36. The van der Waals surface area contributed by atoms with Crippen LogP contribution >= 0.6 is 0 Å². The van der Waals surface area contributed by atoms with E-state index in [1.165, 1.54) is 12.7 Å². The van der Waals surface area contributed by atoms with Gasteiger partial charge in [-0.3, -0.25) is 9.97 Å². The molecule has 40 heavy (non-hydrogen) atoms. The number of aromatic nitrogens is 8. The van der Waals surface area contributed by atoms with Gasteiger partial charge < -0.3 is 25.8 Å². The van der Waals surface area contributed by atoms with Crippen LogP contribution < -0.4 is 11.5 Å². The molecule has 5 N–H and O–H groups in total. The minimum Gasteiger partial charge on any atom is -0.383 e. The molecule has 0 fully saturated rings. The highest BCUT2D eigenvalue weighted by Gasteiger charge is 2.16. The van der Waals surface area contributed by atoms with Gasteiger partial charge in [0.25, 0.3) is 0 Å². The first-order valence-electron chi connectivity index (χ1n) is 12.9. The Labute approximate surface area is 232 Å². The summed E-state index contributed by atoms with van der Waals surface area (Å²) in [5.74, 6) is 0.970. The van der Waals surface area contributed by atoms with Gasteiger partial charge in [0.2, 0.25) is 0 Å². The van der Waals surface area contributed by atoms with E-state index < -0.39 is 8.07 Å². The van der Waals surface area contributed by atoms with Gasteiger partial charge in [-0.05, 0) is 42.4 Å². The smallest absolute Gasteiger partial charge is 0.147 e. The third-order valence-corrected chi connectivity index (χ3v) is 8.07. The lowest BCUT2D eigenvalue weighted by Gasteiger charge is -2.16. The number of pyridine rings is 2. The first-order chi connectivity index (χ1) is 19.3. The Balaban J connectivity index is 0.000000174. The molecule has 6 rings (SSSR count). The molecule has 0 aromatic carbocycles. The number of nitrogens with zero attached hydrogens (tertiary/aromatic N) is 7. The van der Waals surface area contributed by atoms with E-state index in [1.54, 1.807) is 24.8 Å². The summed E-state index contributed by atoms with van der Waals surface area (Å²) < 4.78 is 7.99. The lowest BCUT2D eigenvalue weighted by molar-refractivity contribution is 0.0909. The van der Waals surface area contributed by atoms with Crippen molar-refractivity contribution in [3.05, 3.63) is 73.8 Å². The highest BCUT2D eigenvalue weighted by Crippen LogP contribution is 2.29. The SMILES string of the molecule is C[Si](C)(C)CCOCn1c(-c2ccncc2)cc2c(N)ncnc21.Nc1ncnc2[nH]c(-c3ccncc3)cc12. The predicted octanol–water partition coefficient (Wildman–Crippen LogP) is 4.99. The number of anilines is 2. The average molecular weight is 553 g/mol. The van der Waals surface area contributed by atoms with E-state index in [0.717, 1.165) is 57.2 Å². The molecule has 6 aromatic rings. The molecule has 0 radical (unpaired) electrons. The molecule has 0 unspecified atom stereocenters. The molecule has 0 saturated carbocycles. The maximum atomic E-state index is 6.02. The Kier molecular flexibility index (Phi) is 7.80. The summed E-state index contributed by atoms with van der Waals surface area (Å²) in [4.78, 5) is 27.8. The number of fused-ring (bicyclic) bond motifs is 2. The van der Waals surface area contributed by atoms with Gasteiger partial charge in [0, 0.05) is 56.3 Å². The van der Waals surface area contributed by atoms with Crippen molar-refractivity contribution in [3.8, 4) is 22.5 Å². The molecule has 0 aliphatic carbocycles. The fourth-order valence-electron chi connectivity index (χ4n) is 4.15. The molecular formula is C28H32N10OSi. The second-order valence-corrected chi connectivity index (χ2v) is 16.1. The summed E-state index contributed by atoms with van der Waals surface area (Å²) in [7, 11) is -1.11. The summed E-state index contributed by atoms with van der Waals surface area (Å²) in [5.41, 5.74) is 17.4. The van der Waals surface area contributed by atoms with Crippen LogP contribution in [0.1, 0.15) is 0 Å². The maximum Gasteiger partial charge on any atom is 0.147 e. The topological polar surface area (TPSA) is 159 Å². The molecular weight excluding hydrogens is 520 g/mol. The van der Waals surface area contributed by atoms with Crippen molar-refractivity contribution in [2.45, 2.75) is 32.4 Å². The zero-order valence-electron chi connectivity index (χ0n) is 22.7. The molecule has 0 atom stereocenters. The number of hydrogen-bond donors (Lipinski definition) is 3. The van der Waals surface area contributed by atoms with E-state index in [-0.39, 0.29) is 0 Å². The van der Waals surface area contributed by atoms with Crippen molar-refractivity contribution in [3.63, 3.8) is 0 Å². The number of ether oxygens (including phenoxy) is 1. The minimum atomic E-state index is -1.11. The quantitative estimate of drug-likeness (QED) is 0.183. The molecule has 0 bridgehead atoms. The summed E-state index contributed by atoms with van der Waals surface area (Å²) in [6, 6.07) is 12.9. The van der Waals surface area contributed by atoms with Crippen molar-refractivity contribution in [1.29, 1.82) is 0 Å². The van der Waals surface area contributed by atoms with Gasteiger partial charge >= 0.3 is 0 Å². The monoisotopic (exact) mass is 552 g/mol. The van der Waals surface area contributed by atoms with Gasteiger partial charge in [0.15, 0.2) is 0 Å². The van der Waals surface area contributed by atoms with E-state index in [2.05, 4.69) is 54.5 Å². The van der Waals surface area contributed by atoms with Crippen LogP contribution in [-0.2, 0) is 11.5 Å². The first-order valence-corrected chi connectivity index (χ1v) is 16.6. The average Bonchev–Trinajstić information content (AvgIpc) is 3.56. The van der Waals surface area contributed by atoms with E-state index in [0.29, 0.717) is 18.4 Å². The number of nitrogen functional groups attached to an aromatic ring is 2. The Morgan fingerprint density at radius 2 is 1.43 bits per heavy atom. The first kappa shape index (κ1) is 26.9. The predicted molar refractivity (Wildman–Crippen MR) is 161 cm³/mol. The van der Waals surface area contributed by atoms with Crippen LogP contribution in [0.25, 0.3) is 44.6 Å². The molecule has 6 heterocycles. The fraction of sp³-hybridized carbons (Fsp3) is 0.214. The lowest BCUT2D eigenvalue weighted by Crippen LogP contribution is -2.22. The van der Waals surface area contributed by atoms with E-state index >= 15 is 0 Å². The molecule has 0 saturated heterocycles. The number of H-pyrrole nitrogens is 1. The highest BCUT2D eigenvalue weighted by atomic mass is 28.3. The molecule has 0 aliphatic heterocycles. The number of nitrogens with one attached hydrogen (secondary N) is 1. The third kappa shape index (κ3) is 6.13. The van der Waals surface area contributed by atoms with Crippen molar-refractivity contribution >= 4 is 41.8 Å². The van der Waals surface area contributed by atoms with Crippen molar-refractivity contribution in [2.24, 2.45) is 0 Å². The largest absolute Gasteiger partial charge is 0.383 e. The zero-order valence-corrected chi connectivity index (χ0v) is 23.7. The number of rotatable bonds is 7. The van der Waals surface area contributed by atoms with E-state index in [4.69, 9.17) is 16.2 Å². The normalized spacial score (nSPS) is 11.5. The molecule has 0 spiro atoms. The van der Waals surface area contributed by atoms with E-state index in [9.17, 15) is 0 Å². The molecule has 0 aliphatic rings. The summed E-state index contributed by atoms with van der Waals surface area (Å²) in [6.07, 6.45) is 9.99. The van der Waals surface area contributed by atoms with Gasteiger partial charge in [0.1, 0.15) is 42.3 Å². The molecule has 12 heteroatoms. The Bertz CT molecular complexity index is 1710. The van der Waals surface area contributed by atoms with Crippen molar-refractivity contribution < 1.29 is 4.74 Å². The van der Waals surface area contributed by atoms with Gasteiger partial charge in [-0.25, -0.2) is 19.9 Å². The van der Waals surface area contributed by atoms with Gasteiger partial charge in [-0.1, -0.05) is 19.6 Å². The maximum absolute atomic E-state index is 6.02. The second-order valence-electron chi connectivity index (χ2n) is 10.5. The second kappa shape index (κ2) is 11.6. The number of nitrogens with two attached hydrogens (primary N) is 2. The van der Waals surface area contributed by atoms with Crippen molar-refractivity contribution in [2.75, 3.05) is 18.1 Å². The van der Waals surface area contributed by atoms with E-state index in [1.807, 2.05) is 41.0 Å². The summed E-state index contributed by atoms with van der Waals surface area (Å²) in [6.45, 7) is 8.24. The molecule has 11 nitrogen and oxygen atoms in total. The van der Waals surface area contributed by atoms with Gasteiger partial charge in [-0.15, -0.1) is 0 Å². The summed E-state index contributed by atoms with van der Waals surface area (Å²) >= 11 is 0. The van der Waals surface area contributed by atoms with Crippen LogP contribution in [0.3, 0.4) is 0 Å². The Hall–Kier alpha value is -4.68. The fourth-order valence-corrected chi connectivity index (χ4v) is 4.91. The molecule has 0 amide bonds. The Morgan fingerprint density at radius 1 is 0.800 bits per heavy atom. The number of hydrogen-bond acceptors (Lipinski definition) is 9. The van der Waals surface area contributed by atoms with Crippen LogP contribution in [0.2, 0.25) is 25.7 Å². The van der Waals surface area contributed by atoms with Gasteiger partial charge in [0.05, 0.1) is 16.5 Å². The summed E-state index contributed by atoms with van der Waals surface area (Å²) in [5, 5.41) is 1.69. The van der Waals surface area contributed by atoms with Crippen LogP contribution in [0, 0.1) is 0 Å². The highest BCUT2D eigenvalue weighted by molar-refractivity contribution is 6.76. The zero-order chi connectivity index (χ0) is 28.1. The van der Waals surface area contributed by atoms with Crippen LogP contribution in [0.5, 0.6) is 0 Å². The number of aromatic amines is 1. The van der Waals surface area contributed by atoms with Crippen molar-refractivity contribution in [1.82, 2.24) is 39.5 Å².